The van der Waals surface area contributed by atoms with Crippen molar-refractivity contribution in [3.63, 3.8) is 0 Å². The molecule has 7 nitrogen and oxygen atoms in total. The predicted octanol–water partition coefficient (Wildman–Crippen LogP) is 5.01. The molecule has 7 heteroatoms. The maximum Gasteiger partial charge on any atom is 0.225 e. The van der Waals surface area contributed by atoms with Crippen LogP contribution >= 0.6 is 0 Å². The van der Waals surface area contributed by atoms with Crippen LogP contribution in [-0.2, 0) is 6.54 Å². The summed E-state index contributed by atoms with van der Waals surface area (Å²) in [5.74, 6) is 4.02. The van der Waals surface area contributed by atoms with E-state index in [9.17, 15) is 0 Å². The summed E-state index contributed by atoms with van der Waals surface area (Å²) in [6.07, 6.45) is 6.10. The number of nitrogens with zero attached hydrogens (tertiary/aromatic N) is 3. The van der Waals surface area contributed by atoms with Crippen LogP contribution in [0.4, 0.5) is 11.8 Å². The summed E-state index contributed by atoms with van der Waals surface area (Å²) in [7, 11) is 5.95. The fraction of sp³-hybridized carbons (Fsp3) is 0.517. The average Bonchev–Trinajstić information content (AvgIpc) is 2.90. The van der Waals surface area contributed by atoms with Gasteiger partial charge in [-0.2, -0.15) is 4.98 Å². The van der Waals surface area contributed by atoms with Gasteiger partial charge in [0.05, 0.1) is 12.6 Å². The van der Waals surface area contributed by atoms with E-state index in [4.69, 9.17) is 14.7 Å². The van der Waals surface area contributed by atoms with Crippen LogP contribution in [0.3, 0.4) is 0 Å². The number of hydrogen-bond donors (Lipinski definition) is 3. The van der Waals surface area contributed by atoms with Crippen molar-refractivity contribution in [3.05, 3.63) is 54.1 Å². The number of benzene rings is 2. The highest BCUT2D eigenvalue weighted by Gasteiger charge is 2.21. The molecule has 0 saturated heterocycles. The van der Waals surface area contributed by atoms with Crippen LogP contribution in [-0.4, -0.2) is 62.3 Å². The van der Waals surface area contributed by atoms with E-state index in [0.29, 0.717) is 5.92 Å². The van der Waals surface area contributed by atoms with Crippen molar-refractivity contribution in [3.8, 4) is 5.75 Å². The van der Waals surface area contributed by atoms with Crippen molar-refractivity contribution >= 4 is 22.7 Å². The molecule has 3 aromatic rings. The van der Waals surface area contributed by atoms with Crippen LogP contribution in [0.5, 0.6) is 5.75 Å². The van der Waals surface area contributed by atoms with Gasteiger partial charge >= 0.3 is 0 Å². The third-order valence-corrected chi connectivity index (χ3v) is 7.13. The second-order valence-corrected chi connectivity index (χ2v) is 10.2. The van der Waals surface area contributed by atoms with Crippen LogP contribution < -0.4 is 20.7 Å². The molecule has 1 saturated carbocycles. The molecule has 0 amide bonds. The molecule has 0 atom stereocenters. The lowest BCUT2D eigenvalue weighted by atomic mass is 9.82. The van der Waals surface area contributed by atoms with Gasteiger partial charge < -0.3 is 25.6 Å². The van der Waals surface area contributed by atoms with E-state index in [1.54, 1.807) is 7.11 Å². The molecule has 1 aliphatic rings. The Balaban J connectivity index is 1.23. The molecule has 0 spiro atoms. The van der Waals surface area contributed by atoms with Gasteiger partial charge in [-0.25, -0.2) is 4.98 Å². The molecule has 36 heavy (non-hydrogen) atoms. The van der Waals surface area contributed by atoms with Gasteiger partial charge in [0.25, 0.3) is 0 Å². The first-order valence-electron chi connectivity index (χ1n) is 13.3. The zero-order chi connectivity index (χ0) is 25.2. The molecule has 3 N–H and O–H groups in total. The Labute approximate surface area is 216 Å². The number of aromatic nitrogens is 2. The smallest absolute Gasteiger partial charge is 0.225 e. The maximum absolute atomic E-state index is 5.47. The molecule has 1 aromatic heterocycles. The second kappa shape index (κ2) is 13.4. The van der Waals surface area contributed by atoms with E-state index < -0.39 is 0 Å². The summed E-state index contributed by atoms with van der Waals surface area (Å²) < 4.78 is 5.47. The van der Waals surface area contributed by atoms with Crippen molar-refractivity contribution in [1.82, 2.24) is 20.2 Å². The monoisotopic (exact) mass is 490 g/mol. The van der Waals surface area contributed by atoms with Crippen LogP contribution in [0, 0.1) is 11.8 Å². The molecule has 0 radical (unpaired) electrons. The zero-order valence-electron chi connectivity index (χ0n) is 22.1. The third-order valence-electron chi connectivity index (χ3n) is 7.13. The average molecular weight is 491 g/mol. The largest absolute Gasteiger partial charge is 0.496 e. The number of fused-ring (bicyclic) bond motifs is 1. The number of hydrogen-bond acceptors (Lipinski definition) is 7. The number of nitrogens with one attached hydrogen (secondary N) is 3. The van der Waals surface area contributed by atoms with E-state index in [2.05, 4.69) is 59.2 Å². The van der Waals surface area contributed by atoms with Crippen molar-refractivity contribution in [2.75, 3.05) is 58.0 Å². The van der Waals surface area contributed by atoms with E-state index >= 15 is 0 Å². The molecule has 0 bridgehead atoms. The highest BCUT2D eigenvalue weighted by atomic mass is 16.5. The maximum atomic E-state index is 5.47. The van der Waals surface area contributed by atoms with Crippen LogP contribution in [0.1, 0.15) is 37.7 Å². The Bertz CT molecular complexity index is 1080. The predicted molar refractivity (Wildman–Crippen MR) is 150 cm³/mol. The summed E-state index contributed by atoms with van der Waals surface area (Å²) in [5, 5.41) is 11.8. The minimum atomic E-state index is 0.669. The van der Waals surface area contributed by atoms with Gasteiger partial charge in [0.15, 0.2) is 0 Å². The first-order valence-corrected chi connectivity index (χ1v) is 13.3. The van der Waals surface area contributed by atoms with Crippen molar-refractivity contribution in [2.45, 2.75) is 38.6 Å². The standard InChI is InChI=1S/C29H42N6O/c1-35(2)18-8-17-31-28-25-10-5-6-11-26(25)33-29(34-28)32-20-23-15-13-22(14-16-23)19-30-21-24-9-4-7-12-27(24)36-3/h4-7,9-12,22-23,30H,8,13-21H2,1-3H3,(H2,31,32,33,34). The van der Waals surface area contributed by atoms with Gasteiger partial charge in [0.1, 0.15) is 11.6 Å². The molecule has 1 aliphatic carbocycles. The molecule has 0 aliphatic heterocycles. The Morgan fingerprint density at radius 2 is 1.61 bits per heavy atom. The van der Waals surface area contributed by atoms with Crippen LogP contribution in [0.25, 0.3) is 10.9 Å². The van der Waals surface area contributed by atoms with Crippen molar-refractivity contribution < 1.29 is 4.74 Å². The van der Waals surface area contributed by atoms with Crippen LogP contribution in [0.2, 0.25) is 0 Å². The van der Waals surface area contributed by atoms with E-state index in [1.807, 2.05) is 24.3 Å². The second-order valence-electron chi connectivity index (χ2n) is 10.2. The lowest BCUT2D eigenvalue weighted by molar-refractivity contribution is 0.275. The number of ether oxygens (including phenoxy) is 1. The quantitative estimate of drug-likeness (QED) is 0.291. The Morgan fingerprint density at radius 3 is 2.39 bits per heavy atom. The lowest BCUT2D eigenvalue weighted by Gasteiger charge is -2.29. The summed E-state index contributed by atoms with van der Waals surface area (Å²) in [6.45, 7) is 4.80. The summed E-state index contributed by atoms with van der Waals surface area (Å²) >= 11 is 0. The lowest BCUT2D eigenvalue weighted by Crippen LogP contribution is -2.28. The number of methoxy groups -OCH3 is 1. The first kappa shape index (κ1) is 26.2. The minimum absolute atomic E-state index is 0.669. The normalized spacial score (nSPS) is 17.9. The summed E-state index contributed by atoms with van der Waals surface area (Å²) in [6, 6.07) is 16.5. The summed E-state index contributed by atoms with van der Waals surface area (Å²) in [5.41, 5.74) is 2.20. The molecule has 4 rings (SSSR count). The molecular weight excluding hydrogens is 448 g/mol. The molecule has 1 heterocycles. The third kappa shape index (κ3) is 7.55. The van der Waals surface area contributed by atoms with Gasteiger partial charge in [0, 0.05) is 30.6 Å². The van der Waals surface area contributed by atoms with E-state index in [1.165, 1.54) is 31.2 Å². The van der Waals surface area contributed by atoms with Gasteiger partial charge in [-0.05, 0) is 89.3 Å². The van der Waals surface area contributed by atoms with Crippen molar-refractivity contribution in [2.24, 2.45) is 11.8 Å². The topological polar surface area (TPSA) is 74.3 Å². The molecule has 0 unspecified atom stereocenters. The fourth-order valence-corrected chi connectivity index (χ4v) is 5.03. The van der Waals surface area contributed by atoms with Gasteiger partial charge in [-0.3, -0.25) is 0 Å². The first-order chi connectivity index (χ1) is 17.6. The van der Waals surface area contributed by atoms with Crippen molar-refractivity contribution in [1.29, 1.82) is 0 Å². The minimum Gasteiger partial charge on any atom is -0.496 e. The Kier molecular flexibility index (Phi) is 9.76. The highest BCUT2D eigenvalue weighted by molar-refractivity contribution is 5.90. The van der Waals surface area contributed by atoms with Crippen LogP contribution in [0.15, 0.2) is 48.5 Å². The zero-order valence-corrected chi connectivity index (χ0v) is 22.1. The number of para-hydroxylation sites is 2. The fourth-order valence-electron chi connectivity index (χ4n) is 5.03. The highest BCUT2D eigenvalue weighted by Crippen LogP contribution is 2.29. The molecule has 194 valence electrons. The molecular formula is C29H42N6O. The Morgan fingerprint density at radius 1 is 0.889 bits per heavy atom. The number of rotatable bonds is 13. The van der Waals surface area contributed by atoms with Gasteiger partial charge in [-0.15, -0.1) is 0 Å². The SMILES string of the molecule is COc1ccccc1CNCC1CCC(CNc2nc(NCCCN(C)C)c3ccccc3n2)CC1. The summed E-state index contributed by atoms with van der Waals surface area (Å²) in [4.78, 5) is 11.8. The number of anilines is 2. The van der Waals surface area contributed by atoms with E-state index in [0.717, 1.165) is 73.5 Å². The van der Waals surface area contributed by atoms with E-state index in [-0.39, 0.29) is 0 Å². The van der Waals surface area contributed by atoms with Gasteiger partial charge in [-0.1, -0.05) is 30.3 Å². The molecule has 1 fully saturated rings. The Hall–Kier alpha value is -2.90. The van der Waals surface area contributed by atoms with Gasteiger partial charge in [0.2, 0.25) is 5.95 Å². The molecule has 2 aromatic carbocycles.